The lowest BCUT2D eigenvalue weighted by atomic mass is 10.2. The molecule has 20 heavy (non-hydrogen) atoms. The highest BCUT2D eigenvalue weighted by Gasteiger charge is 2.07. The van der Waals surface area contributed by atoms with E-state index in [2.05, 4.69) is 36.5 Å². The van der Waals surface area contributed by atoms with Crippen molar-refractivity contribution in [3.8, 4) is 0 Å². The molecule has 2 aromatic rings. The van der Waals surface area contributed by atoms with Gasteiger partial charge in [-0.15, -0.1) is 0 Å². The summed E-state index contributed by atoms with van der Waals surface area (Å²) in [5, 5.41) is 7.02. The van der Waals surface area contributed by atoms with Gasteiger partial charge in [0.05, 0.1) is 5.69 Å². The van der Waals surface area contributed by atoms with Crippen molar-refractivity contribution in [2.45, 2.75) is 20.3 Å². The third-order valence-corrected chi connectivity index (χ3v) is 3.92. The molecule has 0 aliphatic heterocycles. The fourth-order valence-electron chi connectivity index (χ4n) is 1.73. The van der Waals surface area contributed by atoms with Gasteiger partial charge in [-0.05, 0) is 40.5 Å². The van der Waals surface area contributed by atoms with Gasteiger partial charge >= 0.3 is 0 Å². The quantitative estimate of drug-likeness (QED) is 0.845. The summed E-state index contributed by atoms with van der Waals surface area (Å²) < 4.78 is 0.946. The number of nitrogens with zero attached hydrogens (tertiary/aromatic N) is 2. The van der Waals surface area contributed by atoms with Gasteiger partial charge in [-0.1, -0.05) is 18.5 Å². The standard InChI is InChI=1S/C14H16BrClN4/c1-4-12-19-13(17-3)7-14(20-12)18-11-6-10(16)8(2)5-9(11)15/h5-7H,4H2,1-3H3,(H2,17,18,19,20). The molecule has 6 heteroatoms. The minimum Gasteiger partial charge on any atom is -0.373 e. The Morgan fingerprint density at radius 2 is 1.90 bits per heavy atom. The zero-order chi connectivity index (χ0) is 14.7. The molecule has 1 aromatic carbocycles. The summed E-state index contributed by atoms with van der Waals surface area (Å²) in [4.78, 5) is 8.83. The molecule has 0 aliphatic carbocycles. The molecule has 0 amide bonds. The molecule has 1 aromatic heterocycles. The molecule has 2 rings (SSSR count). The zero-order valence-corrected chi connectivity index (χ0v) is 13.9. The van der Waals surface area contributed by atoms with E-state index in [9.17, 15) is 0 Å². The van der Waals surface area contributed by atoms with Crippen molar-refractivity contribution in [1.29, 1.82) is 0 Å². The van der Waals surface area contributed by atoms with Gasteiger partial charge in [0.15, 0.2) is 0 Å². The van der Waals surface area contributed by atoms with E-state index >= 15 is 0 Å². The summed E-state index contributed by atoms with van der Waals surface area (Å²) in [7, 11) is 1.84. The molecular weight excluding hydrogens is 340 g/mol. The fourth-order valence-corrected chi connectivity index (χ4v) is 2.45. The van der Waals surface area contributed by atoms with E-state index in [0.717, 1.165) is 39.6 Å². The van der Waals surface area contributed by atoms with E-state index in [1.165, 1.54) is 0 Å². The molecule has 0 radical (unpaired) electrons. The molecule has 0 saturated carbocycles. The van der Waals surface area contributed by atoms with E-state index in [4.69, 9.17) is 11.6 Å². The van der Waals surface area contributed by atoms with Crippen LogP contribution in [0.2, 0.25) is 5.02 Å². The monoisotopic (exact) mass is 354 g/mol. The Hall–Kier alpha value is -1.33. The van der Waals surface area contributed by atoms with Crippen LogP contribution in [0, 0.1) is 6.92 Å². The third-order valence-electron chi connectivity index (χ3n) is 2.86. The zero-order valence-electron chi connectivity index (χ0n) is 11.6. The van der Waals surface area contributed by atoms with E-state index in [-0.39, 0.29) is 0 Å². The van der Waals surface area contributed by atoms with Gasteiger partial charge in [0.1, 0.15) is 17.5 Å². The molecule has 106 valence electrons. The first-order valence-electron chi connectivity index (χ1n) is 6.32. The van der Waals surface area contributed by atoms with Crippen LogP contribution in [0.5, 0.6) is 0 Å². The fraction of sp³-hybridized carbons (Fsp3) is 0.286. The van der Waals surface area contributed by atoms with Crippen LogP contribution in [0.4, 0.5) is 17.3 Å². The highest BCUT2D eigenvalue weighted by atomic mass is 79.9. The van der Waals surface area contributed by atoms with Crippen molar-refractivity contribution < 1.29 is 0 Å². The van der Waals surface area contributed by atoms with Crippen LogP contribution in [0.25, 0.3) is 0 Å². The molecule has 4 nitrogen and oxygen atoms in total. The van der Waals surface area contributed by atoms with Gasteiger partial charge in [-0.2, -0.15) is 0 Å². The topological polar surface area (TPSA) is 49.8 Å². The van der Waals surface area contributed by atoms with Crippen molar-refractivity contribution >= 4 is 44.9 Å². The average molecular weight is 356 g/mol. The second-order valence-corrected chi connectivity index (χ2v) is 5.63. The van der Waals surface area contributed by atoms with E-state index < -0.39 is 0 Å². The summed E-state index contributed by atoms with van der Waals surface area (Å²) in [5.41, 5.74) is 1.90. The number of anilines is 3. The second-order valence-electron chi connectivity index (χ2n) is 4.36. The van der Waals surface area contributed by atoms with Crippen molar-refractivity contribution in [1.82, 2.24) is 9.97 Å². The Morgan fingerprint density at radius 3 is 2.55 bits per heavy atom. The number of aromatic nitrogens is 2. The summed E-state index contributed by atoms with van der Waals surface area (Å²) in [6, 6.07) is 5.72. The molecule has 0 unspecified atom stereocenters. The van der Waals surface area contributed by atoms with Crippen LogP contribution in [-0.2, 0) is 6.42 Å². The molecule has 1 heterocycles. The molecule has 0 atom stereocenters. The van der Waals surface area contributed by atoms with E-state index in [1.807, 2.05) is 39.1 Å². The minimum absolute atomic E-state index is 0.717. The first-order chi connectivity index (χ1) is 9.53. The lowest BCUT2D eigenvalue weighted by Crippen LogP contribution is -2.03. The number of nitrogens with one attached hydrogen (secondary N) is 2. The number of rotatable bonds is 4. The lowest BCUT2D eigenvalue weighted by molar-refractivity contribution is 0.944. The number of aryl methyl sites for hydroxylation is 2. The Morgan fingerprint density at radius 1 is 1.20 bits per heavy atom. The largest absolute Gasteiger partial charge is 0.373 e. The molecule has 0 spiro atoms. The summed E-state index contributed by atoms with van der Waals surface area (Å²) >= 11 is 9.69. The van der Waals surface area contributed by atoms with E-state index in [1.54, 1.807) is 0 Å². The Labute approximate surface area is 132 Å². The van der Waals surface area contributed by atoms with Crippen LogP contribution in [0.3, 0.4) is 0 Å². The first-order valence-corrected chi connectivity index (χ1v) is 7.49. The van der Waals surface area contributed by atoms with Gasteiger partial charge in [0.25, 0.3) is 0 Å². The third kappa shape index (κ3) is 3.41. The predicted molar refractivity (Wildman–Crippen MR) is 88.1 cm³/mol. The van der Waals surface area contributed by atoms with Gasteiger partial charge in [-0.25, -0.2) is 9.97 Å². The maximum atomic E-state index is 6.16. The Kier molecular flexibility index (Phi) is 4.83. The van der Waals surface area contributed by atoms with Gasteiger partial charge in [0, 0.05) is 29.0 Å². The predicted octanol–water partition coefficient (Wildman–Crippen LogP) is 4.55. The smallest absolute Gasteiger partial charge is 0.136 e. The van der Waals surface area contributed by atoms with Gasteiger partial charge in [-0.3, -0.25) is 0 Å². The summed E-state index contributed by atoms with van der Waals surface area (Å²) in [6.07, 6.45) is 0.778. The molecule has 0 bridgehead atoms. The van der Waals surface area contributed by atoms with Gasteiger partial charge < -0.3 is 10.6 Å². The minimum atomic E-state index is 0.717. The molecule has 0 saturated heterocycles. The molecular formula is C14H16BrClN4. The highest BCUT2D eigenvalue weighted by molar-refractivity contribution is 9.10. The average Bonchev–Trinajstić information content (AvgIpc) is 2.44. The van der Waals surface area contributed by atoms with Crippen LogP contribution in [0.1, 0.15) is 18.3 Å². The number of halogens is 2. The van der Waals surface area contributed by atoms with Crippen molar-refractivity contribution in [3.63, 3.8) is 0 Å². The van der Waals surface area contributed by atoms with Crippen molar-refractivity contribution in [2.75, 3.05) is 17.7 Å². The van der Waals surface area contributed by atoms with Crippen LogP contribution < -0.4 is 10.6 Å². The molecule has 0 aliphatic rings. The normalized spacial score (nSPS) is 10.4. The number of benzene rings is 1. The Bertz CT molecular complexity index is 609. The van der Waals surface area contributed by atoms with Crippen LogP contribution >= 0.6 is 27.5 Å². The number of hydrogen-bond acceptors (Lipinski definition) is 4. The number of hydrogen-bond donors (Lipinski definition) is 2. The maximum Gasteiger partial charge on any atom is 0.136 e. The van der Waals surface area contributed by atoms with E-state index in [0.29, 0.717) is 5.02 Å². The van der Waals surface area contributed by atoms with Gasteiger partial charge in [0.2, 0.25) is 0 Å². The summed E-state index contributed by atoms with van der Waals surface area (Å²) in [6.45, 7) is 3.99. The van der Waals surface area contributed by atoms with Crippen molar-refractivity contribution in [2.24, 2.45) is 0 Å². The highest BCUT2D eigenvalue weighted by Crippen LogP contribution is 2.31. The Balaban J connectivity index is 2.36. The first kappa shape index (κ1) is 15.1. The van der Waals surface area contributed by atoms with Crippen molar-refractivity contribution in [3.05, 3.63) is 39.1 Å². The lowest BCUT2D eigenvalue weighted by Gasteiger charge is -2.12. The molecule has 0 fully saturated rings. The van der Waals surface area contributed by atoms with Crippen LogP contribution in [0.15, 0.2) is 22.7 Å². The van der Waals surface area contributed by atoms with Crippen LogP contribution in [-0.4, -0.2) is 17.0 Å². The summed E-state index contributed by atoms with van der Waals surface area (Å²) in [5.74, 6) is 2.31. The maximum absolute atomic E-state index is 6.16. The second kappa shape index (κ2) is 6.41. The molecule has 2 N–H and O–H groups in total. The SMILES string of the molecule is CCc1nc(NC)cc(Nc2cc(Cl)c(C)cc2Br)n1.